The van der Waals surface area contributed by atoms with Gasteiger partial charge in [-0.1, -0.05) is 25.5 Å². The summed E-state index contributed by atoms with van der Waals surface area (Å²) in [6, 6.07) is 11.6. The van der Waals surface area contributed by atoms with Crippen LogP contribution in [0.3, 0.4) is 0 Å². The lowest BCUT2D eigenvalue weighted by Crippen LogP contribution is -2.32. The number of unbranched alkanes of at least 4 members (excludes halogenated alkanes) is 1. The van der Waals surface area contributed by atoms with Crippen LogP contribution in [0.15, 0.2) is 36.4 Å². The average molecular weight is 473 g/mol. The molecule has 4 atom stereocenters. The summed E-state index contributed by atoms with van der Waals surface area (Å²) in [4.78, 5) is 0. The normalized spacial score (nSPS) is 24.4. The maximum atomic E-state index is 14.3. The van der Waals surface area contributed by atoms with Gasteiger partial charge in [-0.2, -0.15) is 8.78 Å². The van der Waals surface area contributed by atoms with Crippen molar-refractivity contribution in [2.45, 2.75) is 71.1 Å². The lowest BCUT2D eigenvalue weighted by molar-refractivity contribution is 0.0901. The monoisotopic (exact) mass is 472 g/mol. The minimum atomic E-state index is -0.970. The Balaban J connectivity index is 1.26. The maximum absolute atomic E-state index is 14.3. The smallest absolute Gasteiger partial charge is 0.204 e. The van der Waals surface area contributed by atoms with Gasteiger partial charge in [0, 0.05) is 0 Å². The molecule has 0 N–H and O–H groups in total. The van der Waals surface area contributed by atoms with Crippen molar-refractivity contribution in [1.82, 2.24) is 0 Å². The lowest BCUT2D eigenvalue weighted by atomic mass is 9.64. The van der Waals surface area contributed by atoms with Crippen LogP contribution < -0.4 is 14.2 Å². The second-order valence-electron chi connectivity index (χ2n) is 9.91. The topological polar surface area (TPSA) is 27.7 Å². The molecular formula is C29H38F2O3. The highest BCUT2D eigenvalue weighted by molar-refractivity contribution is 5.35. The molecule has 4 unspecified atom stereocenters. The van der Waals surface area contributed by atoms with Crippen molar-refractivity contribution >= 4 is 0 Å². The first kappa shape index (κ1) is 24.8. The Labute approximate surface area is 202 Å². The molecule has 3 nitrogen and oxygen atoms in total. The van der Waals surface area contributed by atoms with Crippen molar-refractivity contribution in [3.8, 4) is 17.2 Å². The number of hydrogen-bond acceptors (Lipinski definition) is 3. The molecule has 2 saturated carbocycles. The van der Waals surface area contributed by atoms with E-state index in [2.05, 4.69) is 31.2 Å². The fourth-order valence-corrected chi connectivity index (χ4v) is 5.71. The van der Waals surface area contributed by atoms with Crippen LogP contribution in [0, 0.1) is 29.4 Å². The van der Waals surface area contributed by atoms with E-state index >= 15 is 0 Å². The molecule has 0 bridgehead atoms. The molecule has 5 heteroatoms. The van der Waals surface area contributed by atoms with Gasteiger partial charge >= 0.3 is 0 Å². The molecule has 2 aliphatic rings. The quantitative estimate of drug-likeness (QED) is 0.329. The van der Waals surface area contributed by atoms with Crippen LogP contribution in [0.5, 0.6) is 17.2 Å². The number of fused-ring (bicyclic) bond motifs is 1. The third kappa shape index (κ3) is 6.03. The van der Waals surface area contributed by atoms with Crippen molar-refractivity contribution < 1.29 is 23.0 Å². The molecule has 2 fully saturated rings. The lowest BCUT2D eigenvalue weighted by Gasteiger charge is -2.42. The van der Waals surface area contributed by atoms with Crippen LogP contribution >= 0.6 is 0 Å². The molecule has 186 valence electrons. The number of benzene rings is 2. The molecule has 0 saturated heterocycles. The van der Waals surface area contributed by atoms with Gasteiger partial charge in [0.15, 0.2) is 11.5 Å². The van der Waals surface area contributed by atoms with Gasteiger partial charge in [-0.3, -0.25) is 0 Å². The van der Waals surface area contributed by atoms with Gasteiger partial charge < -0.3 is 14.2 Å². The first-order valence-corrected chi connectivity index (χ1v) is 13.0. The fourth-order valence-electron chi connectivity index (χ4n) is 5.71. The van der Waals surface area contributed by atoms with Crippen LogP contribution in [0.25, 0.3) is 0 Å². The second-order valence-corrected chi connectivity index (χ2v) is 9.91. The van der Waals surface area contributed by atoms with E-state index in [-0.39, 0.29) is 11.5 Å². The van der Waals surface area contributed by atoms with E-state index in [1.807, 2.05) is 0 Å². The fraction of sp³-hybridized carbons (Fsp3) is 0.586. The average Bonchev–Trinajstić information content (AvgIpc) is 2.86. The summed E-state index contributed by atoms with van der Waals surface area (Å²) in [6.07, 6.45) is 9.30. The predicted octanol–water partition coefficient (Wildman–Crippen LogP) is 7.92. The molecule has 0 radical (unpaired) electrons. The summed E-state index contributed by atoms with van der Waals surface area (Å²) in [5.74, 6) is 1.43. The third-order valence-corrected chi connectivity index (χ3v) is 7.63. The molecule has 0 heterocycles. The zero-order chi connectivity index (χ0) is 23.9. The Kier molecular flexibility index (Phi) is 8.69. The molecule has 2 aromatic carbocycles. The van der Waals surface area contributed by atoms with Crippen molar-refractivity contribution in [2.24, 2.45) is 17.8 Å². The Morgan fingerprint density at radius 1 is 0.765 bits per heavy atom. The molecule has 0 aliphatic heterocycles. The van der Waals surface area contributed by atoms with Crippen molar-refractivity contribution in [3.63, 3.8) is 0 Å². The van der Waals surface area contributed by atoms with Crippen LogP contribution in [0.2, 0.25) is 0 Å². The number of ether oxygens (including phenoxy) is 3. The van der Waals surface area contributed by atoms with Crippen LogP contribution in [0.1, 0.15) is 76.7 Å². The first-order chi connectivity index (χ1) is 16.6. The summed E-state index contributed by atoms with van der Waals surface area (Å²) in [5.41, 5.74) is 1.43. The largest absolute Gasteiger partial charge is 0.494 e. The zero-order valence-electron chi connectivity index (χ0n) is 20.5. The molecule has 0 amide bonds. The summed E-state index contributed by atoms with van der Waals surface area (Å²) in [7, 11) is 0. The van der Waals surface area contributed by atoms with Crippen LogP contribution in [-0.4, -0.2) is 19.8 Å². The van der Waals surface area contributed by atoms with E-state index in [4.69, 9.17) is 14.2 Å². The number of rotatable bonds is 10. The highest BCUT2D eigenvalue weighted by Gasteiger charge is 2.36. The van der Waals surface area contributed by atoms with E-state index in [9.17, 15) is 8.78 Å². The summed E-state index contributed by atoms with van der Waals surface area (Å²) < 4.78 is 45.1. The second kappa shape index (κ2) is 11.9. The molecule has 0 spiro atoms. The Bertz CT molecular complexity index is 914. The predicted molar refractivity (Wildman–Crippen MR) is 131 cm³/mol. The SMILES string of the molecule is CCCCOc1ccc(C2CCC3CC(COc4ccc(OCC)c(F)c4F)CCC3C2)cc1. The number of halogens is 2. The Morgan fingerprint density at radius 2 is 1.44 bits per heavy atom. The summed E-state index contributed by atoms with van der Waals surface area (Å²) in [6.45, 7) is 5.43. The first-order valence-electron chi connectivity index (χ1n) is 13.0. The van der Waals surface area contributed by atoms with Gasteiger partial charge in [0.05, 0.1) is 19.8 Å². The highest BCUT2D eigenvalue weighted by Crippen LogP contribution is 2.47. The van der Waals surface area contributed by atoms with E-state index in [1.165, 1.54) is 43.4 Å². The van der Waals surface area contributed by atoms with E-state index in [0.717, 1.165) is 44.0 Å². The number of hydrogen-bond donors (Lipinski definition) is 0. The third-order valence-electron chi connectivity index (χ3n) is 7.63. The molecule has 4 rings (SSSR count). The van der Waals surface area contributed by atoms with Gasteiger partial charge in [-0.25, -0.2) is 0 Å². The van der Waals surface area contributed by atoms with Crippen molar-refractivity contribution in [3.05, 3.63) is 53.6 Å². The molecule has 0 aromatic heterocycles. The van der Waals surface area contributed by atoms with Gasteiger partial charge in [-0.15, -0.1) is 0 Å². The van der Waals surface area contributed by atoms with Gasteiger partial charge in [0.2, 0.25) is 11.6 Å². The Morgan fingerprint density at radius 3 is 2.15 bits per heavy atom. The molecule has 34 heavy (non-hydrogen) atoms. The van der Waals surface area contributed by atoms with Crippen LogP contribution in [-0.2, 0) is 0 Å². The van der Waals surface area contributed by atoms with Crippen molar-refractivity contribution in [2.75, 3.05) is 19.8 Å². The van der Waals surface area contributed by atoms with Gasteiger partial charge in [0.1, 0.15) is 5.75 Å². The van der Waals surface area contributed by atoms with Gasteiger partial charge in [0.25, 0.3) is 0 Å². The highest BCUT2D eigenvalue weighted by atomic mass is 19.2. The van der Waals surface area contributed by atoms with E-state index < -0.39 is 11.6 Å². The summed E-state index contributed by atoms with van der Waals surface area (Å²) >= 11 is 0. The van der Waals surface area contributed by atoms with E-state index in [1.54, 1.807) is 6.92 Å². The molecule has 2 aliphatic carbocycles. The van der Waals surface area contributed by atoms with E-state index in [0.29, 0.717) is 31.0 Å². The zero-order valence-corrected chi connectivity index (χ0v) is 20.5. The maximum Gasteiger partial charge on any atom is 0.204 e. The minimum Gasteiger partial charge on any atom is -0.494 e. The Hall–Kier alpha value is -2.30. The summed E-state index contributed by atoms with van der Waals surface area (Å²) in [5, 5.41) is 0. The van der Waals surface area contributed by atoms with Gasteiger partial charge in [-0.05, 0) is 105 Å². The standard InChI is InChI=1S/C29H38F2O3/c1-3-5-16-33-25-12-10-21(11-13-25)23-9-8-22-17-20(6-7-24(22)18-23)19-34-27-15-14-26(32-4-2)28(30)29(27)31/h10-15,20,22-24H,3-9,16-19H2,1-2H3. The molecule has 2 aromatic rings. The van der Waals surface area contributed by atoms with Crippen LogP contribution in [0.4, 0.5) is 8.78 Å². The minimum absolute atomic E-state index is 0.0195. The van der Waals surface area contributed by atoms with Crippen molar-refractivity contribution in [1.29, 1.82) is 0 Å². The molecular weight excluding hydrogens is 434 g/mol.